The summed E-state index contributed by atoms with van der Waals surface area (Å²) in [4.78, 5) is 29.9. The fraction of sp³-hybridized carbons (Fsp3) is 0.500. The second-order valence-electron chi connectivity index (χ2n) is 8.19. The molecule has 0 N–H and O–H groups in total. The second kappa shape index (κ2) is 8.95. The molecule has 1 unspecified atom stereocenters. The highest BCUT2D eigenvalue weighted by atomic mass is 16.5. The van der Waals surface area contributed by atoms with Crippen LogP contribution in [0.1, 0.15) is 43.0 Å². The highest BCUT2D eigenvalue weighted by Crippen LogP contribution is 2.25. The second-order valence-corrected chi connectivity index (χ2v) is 8.19. The maximum Gasteiger partial charge on any atom is 0.309 e. The smallest absolute Gasteiger partial charge is 0.309 e. The van der Waals surface area contributed by atoms with Gasteiger partial charge in [-0.2, -0.15) is 0 Å². The number of fused-ring (bicyclic) bond motifs is 1. The average Bonchev–Trinajstić information content (AvgIpc) is 2.78. The Morgan fingerprint density at radius 1 is 1.00 bits per heavy atom. The topological polar surface area (TPSA) is 49.9 Å². The van der Waals surface area contributed by atoms with Gasteiger partial charge in [-0.3, -0.25) is 14.5 Å². The van der Waals surface area contributed by atoms with Gasteiger partial charge in [0.25, 0.3) is 5.91 Å². The van der Waals surface area contributed by atoms with E-state index in [0.29, 0.717) is 25.9 Å². The molecular formula is C24H30N2O3. The highest BCUT2D eigenvalue weighted by molar-refractivity contribution is 6.07. The zero-order valence-corrected chi connectivity index (χ0v) is 17.2. The molecule has 0 saturated carbocycles. The predicted octanol–water partition coefficient (Wildman–Crippen LogP) is 3.72. The van der Waals surface area contributed by atoms with Crippen molar-refractivity contribution >= 4 is 22.6 Å². The Kier molecular flexibility index (Phi) is 6.14. The SMILES string of the molecule is CCN1CCCC(OC(=O)C2CCN(C(=O)c3cccc4ccccc34)CC2)C1. The maximum atomic E-state index is 13.1. The fourth-order valence-corrected chi connectivity index (χ4v) is 4.56. The molecule has 1 atom stereocenters. The van der Waals surface area contributed by atoms with Crippen molar-refractivity contribution in [3.8, 4) is 0 Å². The lowest BCUT2D eigenvalue weighted by Crippen LogP contribution is -2.43. The molecule has 0 bridgehead atoms. The van der Waals surface area contributed by atoms with Crippen molar-refractivity contribution in [1.82, 2.24) is 9.80 Å². The number of carbonyl (C=O) groups excluding carboxylic acids is 2. The Hall–Kier alpha value is -2.40. The fourth-order valence-electron chi connectivity index (χ4n) is 4.56. The Morgan fingerprint density at radius 3 is 2.55 bits per heavy atom. The van der Waals surface area contributed by atoms with E-state index in [1.807, 2.05) is 47.4 Å². The third-order valence-corrected chi connectivity index (χ3v) is 6.33. The van der Waals surface area contributed by atoms with E-state index < -0.39 is 0 Å². The van der Waals surface area contributed by atoms with Crippen molar-refractivity contribution in [2.24, 2.45) is 5.92 Å². The number of amides is 1. The Bertz CT molecular complexity index is 868. The summed E-state index contributed by atoms with van der Waals surface area (Å²) < 4.78 is 5.82. The molecule has 2 heterocycles. The summed E-state index contributed by atoms with van der Waals surface area (Å²) >= 11 is 0. The molecule has 2 fully saturated rings. The molecule has 0 aromatic heterocycles. The summed E-state index contributed by atoms with van der Waals surface area (Å²) in [5.41, 5.74) is 0.742. The van der Waals surface area contributed by atoms with Crippen molar-refractivity contribution in [2.75, 3.05) is 32.7 Å². The van der Waals surface area contributed by atoms with Crippen LogP contribution in [-0.2, 0) is 9.53 Å². The van der Waals surface area contributed by atoms with Crippen LogP contribution in [0.3, 0.4) is 0 Å². The summed E-state index contributed by atoms with van der Waals surface area (Å²) in [5.74, 6) is -0.117. The molecule has 2 aliphatic rings. The number of ether oxygens (including phenoxy) is 1. The number of esters is 1. The lowest BCUT2D eigenvalue weighted by atomic mass is 9.95. The Morgan fingerprint density at radius 2 is 1.76 bits per heavy atom. The largest absolute Gasteiger partial charge is 0.461 e. The average molecular weight is 395 g/mol. The van der Waals surface area contributed by atoms with Gasteiger partial charge < -0.3 is 9.64 Å². The van der Waals surface area contributed by atoms with Crippen molar-refractivity contribution in [3.05, 3.63) is 48.0 Å². The molecule has 2 aliphatic heterocycles. The third-order valence-electron chi connectivity index (χ3n) is 6.33. The molecule has 29 heavy (non-hydrogen) atoms. The molecule has 2 aromatic rings. The first-order valence-corrected chi connectivity index (χ1v) is 10.9. The number of piperidine rings is 2. The van der Waals surface area contributed by atoms with Gasteiger partial charge in [0.15, 0.2) is 0 Å². The van der Waals surface area contributed by atoms with E-state index in [1.54, 1.807) is 0 Å². The van der Waals surface area contributed by atoms with Crippen LogP contribution in [0.4, 0.5) is 0 Å². The van der Waals surface area contributed by atoms with E-state index >= 15 is 0 Å². The van der Waals surface area contributed by atoms with Crippen molar-refractivity contribution in [1.29, 1.82) is 0 Å². The van der Waals surface area contributed by atoms with Crippen LogP contribution in [-0.4, -0.2) is 60.5 Å². The van der Waals surface area contributed by atoms with Crippen LogP contribution >= 0.6 is 0 Å². The maximum absolute atomic E-state index is 13.1. The number of carbonyl (C=O) groups is 2. The van der Waals surface area contributed by atoms with Crippen molar-refractivity contribution < 1.29 is 14.3 Å². The molecule has 1 amide bonds. The zero-order chi connectivity index (χ0) is 20.2. The van der Waals surface area contributed by atoms with E-state index in [0.717, 1.165) is 48.8 Å². The normalized spacial score (nSPS) is 21.3. The van der Waals surface area contributed by atoms with Gasteiger partial charge in [0.05, 0.1) is 5.92 Å². The first kappa shape index (κ1) is 19.9. The van der Waals surface area contributed by atoms with E-state index in [2.05, 4.69) is 11.8 Å². The van der Waals surface area contributed by atoms with Gasteiger partial charge in [0.2, 0.25) is 0 Å². The molecule has 2 aromatic carbocycles. The molecule has 154 valence electrons. The van der Waals surface area contributed by atoms with E-state index in [4.69, 9.17) is 4.74 Å². The first-order valence-electron chi connectivity index (χ1n) is 10.9. The van der Waals surface area contributed by atoms with Crippen LogP contribution in [0.15, 0.2) is 42.5 Å². The molecule has 0 radical (unpaired) electrons. The summed E-state index contributed by atoms with van der Waals surface area (Å²) in [6.07, 6.45) is 3.43. The van der Waals surface area contributed by atoms with Crippen LogP contribution in [0.5, 0.6) is 0 Å². The monoisotopic (exact) mass is 394 g/mol. The standard InChI is InChI=1S/C24H30N2O3/c1-2-25-14-6-9-20(17-25)29-24(28)19-12-15-26(16-13-19)23(27)22-11-5-8-18-7-3-4-10-21(18)22/h3-5,7-8,10-11,19-20H,2,6,9,12-17H2,1H3. The van der Waals surface area contributed by atoms with Crippen LogP contribution in [0, 0.1) is 5.92 Å². The molecule has 4 rings (SSSR count). The number of rotatable bonds is 4. The lowest BCUT2D eigenvalue weighted by molar-refractivity contribution is -0.158. The molecule has 5 heteroatoms. The number of likely N-dealkylation sites (N-methyl/N-ethyl adjacent to an activating group) is 1. The van der Waals surface area contributed by atoms with Crippen LogP contribution in [0.25, 0.3) is 10.8 Å². The minimum Gasteiger partial charge on any atom is -0.461 e. The van der Waals surface area contributed by atoms with Gasteiger partial charge in [-0.25, -0.2) is 0 Å². The first-order chi connectivity index (χ1) is 14.2. The van der Waals surface area contributed by atoms with Gasteiger partial charge in [-0.05, 0) is 55.6 Å². The minimum atomic E-state index is -0.0939. The zero-order valence-electron chi connectivity index (χ0n) is 17.2. The Labute approximate surface area is 172 Å². The summed E-state index contributed by atoms with van der Waals surface area (Å²) in [6.45, 7) is 6.30. The summed E-state index contributed by atoms with van der Waals surface area (Å²) in [7, 11) is 0. The summed E-state index contributed by atoms with van der Waals surface area (Å²) in [5, 5.41) is 2.06. The molecular weight excluding hydrogens is 364 g/mol. The minimum absolute atomic E-state index is 0.0199. The number of likely N-dealkylation sites (tertiary alicyclic amines) is 2. The van der Waals surface area contributed by atoms with Gasteiger partial charge in [0, 0.05) is 25.2 Å². The van der Waals surface area contributed by atoms with E-state index in [-0.39, 0.29) is 23.9 Å². The molecule has 0 spiro atoms. The number of hydrogen-bond acceptors (Lipinski definition) is 4. The van der Waals surface area contributed by atoms with Gasteiger partial charge in [-0.15, -0.1) is 0 Å². The lowest BCUT2D eigenvalue weighted by Gasteiger charge is -2.34. The van der Waals surface area contributed by atoms with Gasteiger partial charge in [0.1, 0.15) is 6.10 Å². The molecule has 2 saturated heterocycles. The molecule has 5 nitrogen and oxygen atoms in total. The van der Waals surface area contributed by atoms with Crippen LogP contribution in [0.2, 0.25) is 0 Å². The number of hydrogen-bond donors (Lipinski definition) is 0. The highest BCUT2D eigenvalue weighted by Gasteiger charge is 2.31. The van der Waals surface area contributed by atoms with E-state index in [9.17, 15) is 9.59 Å². The van der Waals surface area contributed by atoms with Crippen LogP contribution < -0.4 is 0 Å². The Balaban J connectivity index is 1.34. The predicted molar refractivity (Wildman–Crippen MR) is 114 cm³/mol. The van der Waals surface area contributed by atoms with Crippen molar-refractivity contribution in [2.45, 2.75) is 38.7 Å². The summed E-state index contributed by atoms with van der Waals surface area (Å²) in [6, 6.07) is 13.8. The molecule has 0 aliphatic carbocycles. The van der Waals surface area contributed by atoms with Gasteiger partial charge in [-0.1, -0.05) is 43.3 Å². The van der Waals surface area contributed by atoms with Gasteiger partial charge >= 0.3 is 5.97 Å². The van der Waals surface area contributed by atoms with E-state index in [1.165, 1.54) is 0 Å². The van der Waals surface area contributed by atoms with Crippen molar-refractivity contribution in [3.63, 3.8) is 0 Å². The third kappa shape index (κ3) is 4.45. The number of nitrogens with zero attached hydrogens (tertiary/aromatic N) is 2. The number of benzene rings is 2. The quantitative estimate of drug-likeness (QED) is 0.742.